The van der Waals surface area contributed by atoms with E-state index in [0.717, 1.165) is 31.9 Å². The first-order valence-corrected chi connectivity index (χ1v) is 9.23. The third kappa shape index (κ3) is 9.86. The largest absolute Gasteiger partial charge is 0.403 e. The maximum Gasteiger partial charge on any atom is 0.403 e. The van der Waals surface area contributed by atoms with Gasteiger partial charge >= 0.3 is 18.2 Å². The van der Waals surface area contributed by atoms with Gasteiger partial charge in [0.2, 0.25) is 0 Å². The molecule has 22 heavy (non-hydrogen) atoms. The molecule has 0 radical (unpaired) electrons. The minimum Gasteiger partial charge on any atom is -0.387 e. The highest BCUT2D eigenvalue weighted by molar-refractivity contribution is 7.86. The highest BCUT2D eigenvalue weighted by atomic mass is 32.2. The second kappa shape index (κ2) is 9.22. The summed E-state index contributed by atoms with van der Waals surface area (Å²) in [4.78, 5) is 23.6. The molecule has 1 unspecified atom stereocenters. The first-order valence-electron chi connectivity index (χ1n) is 7.41. The molecule has 0 spiro atoms. The van der Waals surface area contributed by atoms with Crippen LogP contribution in [0, 0.1) is 0 Å². The van der Waals surface area contributed by atoms with Gasteiger partial charge in [-0.05, 0) is 6.42 Å². The molecule has 0 aliphatic carbocycles. The normalized spacial score (nSPS) is 13.7. The smallest absolute Gasteiger partial charge is 0.387 e. The zero-order valence-electron chi connectivity index (χ0n) is 14.1. The van der Waals surface area contributed by atoms with Gasteiger partial charge in [0, 0.05) is 6.42 Å². The van der Waals surface area contributed by atoms with Crippen molar-refractivity contribution in [1.29, 1.82) is 0 Å². The molecule has 0 bridgehead atoms. The van der Waals surface area contributed by atoms with E-state index in [1.54, 1.807) is 21.1 Å². The zero-order valence-corrected chi connectivity index (χ0v) is 14.9. The molecular formula is C14H28NO6S+. The minimum absolute atomic E-state index is 0.129. The maximum atomic E-state index is 12.0. The number of hydrogen-bond donors (Lipinski definition) is 0. The van der Waals surface area contributed by atoms with Gasteiger partial charge in [-0.3, -0.25) is 9.28 Å². The first-order chi connectivity index (χ1) is 9.97. The summed E-state index contributed by atoms with van der Waals surface area (Å²) in [5.41, 5.74) is 0. The van der Waals surface area contributed by atoms with E-state index >= 15 is 0 Å². The Hall–Kier alpha value is -0.990. The first kappa shape index (κ1) is 21.0. The number of unbranched alkanes of at least 4 members (excludes halogenated alkanes) is 4. The summed E-state index contributed by atoms with van der Waals surface area (Å²) in [7, 11) is 0.885. The van der Waals surface area contributed by atoms with Crippen molar-refractivity contribution in [2.24, 2.45) is 0 Å². The van der Waals surface area contributed by atoms with E-state index in [4.69, 9.17) is 8.92 Å². The molecule has 0 aliphatic rings. The number of quaternary nitrogens is 1. The summed E-state index contributed by atoms with van der Waals surface area (Å²) >= 11 is 0. The zero-order chi connectivity index (χ0) is 17.4. The molecule has 0 N–H and O–H groups in total. The SMILES string of the molecule is CCCCCCCC(=O)OC(=O)C(OS(C)(=O)=O)[N+](C)(C)C. The van der Waals surface area contributed by atoms with Crippen molar-refractivity contribution in [1.82, 2.24) is 0 Å². The summed E-state index contributed by atoms with van der Waals surface area (Å²) in [6.07, 6.45) is 4.38. The molecule has 7 nitrogen and oxygen atoms in total. The topological polar surface area (TPSA) is 86.7 Å². The van der Waals surface area contributed by atoms with E-state index in [9.17, 15) is 18.0 Å². The number of hydrogen-bond acceptors (Lipinski definition) is 6. The summed E-state index contributed by atoms with van der Waals surface area (Å²) < 4.78 is 31.8. The second-order valence-electron chi connectivity index (χ2n) is 6.23. The van der Waals surface area contributed by atoms with Crippen molar-refractivity contribution in [2.45, 2.75) is 51.7 Å². The van der Waals surface area contributed by atoms with Crippen LogP contribution in [0.1, 0.15) is 45.4 Å². The average molecular weight is 338 g/mol. The van der Waals surface area contributed by atoms with E-state index in [-0.39, 0.29) is 10.9 Å². The van der Waals surface area contributed by atoms with Crippen LogP contribution in [0.5, 0.6) is 0 Å². The van der Waals surface area contributed by atoms with Crippen LogP contribution in [-0.4, -0.2) is 58.5 Å². The number of ether oxygens (including phenoxy) is 1. The van der Waals surface area contributed by atoms with Gasteiger partial charge in [0.05, 0.1) is 27.4 Å². The number of nitrogens with zero attached hydrogens (tertiary/aromatic N) is 1. The van der Waals surface area contributed by atoms with Crippen molar-refractivity contribution in [2.75, 3.05) is 27.4 Å². The number of carbonyl (C=O) groups is 2. The van der Waals surface area contributed by atoms with Crippen LogP contribution in [0.4, 0.5) is 0 Å². The highest BCUT2D eigenvalue weighted by Crippen LogP contribution is 2.12. The Labute approximate surface area is 133 Å². The molecule has 0 saturated heterocycles. The lowest BCUT2D eigenvalue weighted by molar-refractivity contribution is -0.905. The fraction of sp³-hybridized carbons (Fsp3) is 0.857. The van der Waals surface area contributed by atoms with Crippen LogP contribution < -0.4 is 0 Å². The molecule has 8 heteroatoms. The van der Waals surface area contributed by atoms with Crippen molar-refractivity contribution >= 4 is 22.1 Å². The van der Waals surface area contributed by atoms with Crippen LogP contribution in [0.2, 0.25) is 0 Å². The Morgan fingerprint density at radius 3 is 2.05 bits per heavy atom. The predicted molar refractivity (Wildman–Crippen MR) is 82.2 cm³/mol. The monoisotopic (exact) mass is 338 g/mol. The van der Waals surface area contributed by atoms with Gasteiger partial charge in [-0.25, -0.2) is 8.98 Å². The van der Waals surface area contributed by atoms with E-state index in [2.05, 4.69) is 6.92 Å². The van der Waals surface area contributed by atoms with Gasteiger partial charge in [0.25, 0.3) is 10.1 Å². The second-order valence-corrected chi connectivity index (χ2v) is 7.83. The standard InChI is InChI=1S/C14H28NO6S/c1-6-7-8-9-10-11-12(16)20-14(17)13(15(2,3)4)21-22(5,18)19/h13H,6-11H2,1-5H3/q+1. The highest BCUT2D eigenvalue weighted by Gasteiger charge is 2.38. The molecule has 1 atom stereocenters. The van der Waals surface area contributed by atoms with E-state index in [0.29, 0.717) is 6.42 Å². The molecule has 0 heterocycles. The van der Waals surface area contributed by atoms with Crippen molar-refractivity contribution in [3.63, 3.8) is 0 Å². The van der Waals surface area contributed by atoms with Gasteiger partial charge in [-0.15, -0.1) is 0 Å². The van der Waals surface area contributed by atoms with Crippen LogP contribution in [0.25, 0.3) is 0 Å². The van der Waals surface area contributed by atoms with E-state index < -0.39 is 28.3 Å². The van der Waals surface area contributed by atoms with Crippen molar-refractivity contribution in [3.05, 3.63) is 0 Å². The maximum absolute atomic E-state index is 12.0. The number of likely N-dealkylation sites (N-methyl/N-ethyl adjacent to an activating group) is 1. The van der Waals surface area contributed by atoms with Gasteiger partial charge in [0.15, 0.2) is 0 Å². The Balaban J connectivity index is 4.48. The fourth-order valence-corrected chi connectivity index (χ4v) is 2.40. The van der Waals surface area contributed by atoms with E-state index in [1.165, 1.54) is 0 Å². The summed E-state index contributed by atoms with van der Waals surface area (Å²) in [5.74, 6) is -1.64. The summed E-state index contributed by atoms with van der Waals surface area (Å²) in [6.45, 7) is 2.10. The van der Waals surface area contributed by atoms with Crippen molar-refractivity contribution in [3.8, 4) is 0 Å². The third-order valence-corrected chi connectivity index (χ3v) is 3.40. The van der Waals surface area contributed by atoms with Crippen LogP contribution >= 0.6 is 0 Å². The number of rotatable bonds is 10. The van der Waals surface area contributed by atoms with Crippen LogP contribution in [0.15, 0.2) is 0 Å². The molecule has 0 amide bonds. The van der Waals surface area contributed by atoms with Gasteiger partial charge in [-0.1, -0.05) is 32.6 Å². The molecule has 130 valence electrons. The summed E-state index contributed by atoms with van der Waals surface area (Å²) in [6, 6.07) is 0. The number of carbonyl (C=O) groups excluding carboxylic acids is 2. The molecule has 0 aromatic heterocycles. The molecule has 0 fully saturated rings. The Bertz CT molecular complexity index is 466. The van der Waals surface area contributed by atoms with E-state index in [1.807, 2.05) is 0 Å². The van der Waals surface area contributed by atoms with Crippen LogP contribution in [-0.2, 0) is 28.6 Å². The Morgan fingerprint density at radius 1 is 1.05 bits per heavy atom. The molecular weight excluding hydrogens is 310 g/mol. The number of esters is 2. The predicted octanol–water partition coefficient (Wildman–Crippen LogP) is 1.43. The molecule has 0 saturated carbocycles. The Morgan fingerprint density at radius 2 is 1.59 bits per heavy atom. The molecule has 0 rings (SSSR count). The summed E-state index contributed by atoms with van der Waals surface area (Å²) in [5, 5.41) is 0. The molecule has 0 aromatic carbocycles. The van der Waals surface area contributed by atoms with Gasteiger partial charge < -0.3 is 4.74 Å². The molecule has 0 aromatic rings. The Kier molecular flexibility index (Phi) is 8.80. The minimum atomic E-state index is -3.84. The molecule has 0 aliphatic heterocycles. The fourth-order valence-electron chi connectivity index (χ4n) is 1.74. The van der Waals surface area contributed by atoms with Gasteiger partial charge in [-0.2, -0.15) is 8.42 Å². The van der Waals surface area contributed by atoms with Gasteiger partial charge in [0.1, 0.15) is 0 Å². The quantitative estimate of drug-likeness (QED) is 0.150. The third-order valence-electron chi connectivity index (χ3n) is 2.87. The lowest BCUT2D eigenvalue weighted by Crippen LogP contribution is -2.53. The average Bonchev–Trinajstić information content (AvgIpc) is 2.33. The lowest BCUT2D eigenvalue weighted by atomic mass is 10.1. The van der Waals surface area contributed by atoms with Crippen LogP contribution in [0.3, 0.4) is 0 Å². The lowest BCUT2D eigenvalue weighted by Gasteiger charge is -2.30. The van der Waals surface area contributed by atoms with Crippen molar-refractivity contribution < 1.29 is 31.4 Å².